The van der Waals surface area contributed by atoms with Crippen molar-refractivity contribution in [3.05, 3.63) is 17.0 Å². The summed E-state index contributed by atoms with van der Waals surface area (Å²) >= 11 is 0. The number of hydrogen-bond acceptors (Lipinski definition) is 2. The highest BCUT2D eigenvalue weighted by atomic mass is 19.1. The molecule has 1 aromatic heterocycles. The standard InChI is InChI=1S/C12H19FN2O/c1-4-10-12(9(3)16)11(5-2)15(14-10)8-6-7-13/h4-8H2,1-3H3. The van der Waals surface area contributed by atoms with Gasteiger partial charge in [0, 0.05) is 12.2 Å². The highest BCUT2D eigenvalue weighted by Gasteiger charge is 2.18. The average Bonchev–Trinajstić information content (AvgIpc) is 2.63. The minimum Gasteiger partial charge on any atom is -0.294 e. The third kappa shape index (κ3) is 2.49. The Labute approximate surface area is 95.7 Å². The van der Waals surface area contributed by atoms with E-state index in [-0.39, 0.29) is 12.5 Å². The van der Waals surface area contributed by atoms with Crippen molar-refractivity contribution in [3.8, 4) is 0 Å². The molecule has 0 atom stereocenters. The van der Waals surface area contributed by atoms with Crippen LogP contribution in [0.3, 0.4) is 0 Å². The molecule has 0 aromatic carbocycles. The lowest BCUT2D eigenvalue weighted by Gasteiger charge is -2.04. The van der Waals surface area contributed by atoms with Gasteiger partial charge >= 0.3 is 0 Å². The van der Waals surface area contributed by atoms with Gasteiger partial charge in [0.15, 0.2) is 5.78 Å². The summed E-state index contributed by atoms with van der Waals surface area (Å²) in [4.78, 5) is 11.6. The number of carbonyl (C=O) groups is 1. The van der Waals surface area contributed by atoms with E-state index in [0.29, 0.717) is 13.0 Å². The van der Waals surface area contributed by atoms with Crippen molar-refractivity contribution in [1.29, 1.82) is 0 Å². The molecule has 0 saturated heterocycles. The fourth-order valence-corrected chi connectivity index (χ4v) is 1.96. The van der Waals surface area contributed by atoms with Gasteiger partial charge in [0.1, 0.15) is 0 Å². The maximum atomic E-state index is 12.2. The van der Waals surface area contributed by atoms with Gasteiger partial charge in [0.25, 0.3) is 0 Å². The Hall–Kier alpha value is -1.19. The van der Waals surface area contributed by atoms with E-state index in [2.05, 4.69) is 5.10 Å². The summed E-state index contributed by atoms with van der Waals surface area (Å²) in [5, 5.41) is 4.39. The number of hydrogen-bond donors (Lipinski definition) is 0. The Kier molecular flexibility index (Phi) is 4.65. The van der Waals surface area contributed by atoms with Gasteiger partial charge in [0.2, 0.25) is 0 Å². The van der Waals surface area contributed by atoms with Gasteiger partial charge in [-0.3, -0.25) is 13.9 Å². The molecule has 16 heavy (non-hydrogen) atoms. The van der Waals surface area contributed by atoms with Crippen molar-refractivity contribution in [3.63, 3.8) is 0 Å². The summed E-state index contributed by atoms with van der Waals surface area (Å²) < 4.78 is 13.9. The summed E-state index contributed by atoms with van der Waals surface area (Å²) in [6, 6.07) is 0. The van der Waals surface area contributed by atoms with E-state index < -0.39 is 0 Å². The molecule has 0 amide bonds. The molecule has 90 valence electrons. The van der Waals surface area contributed by atoms with E-state index in [1.807, 2.05) is 13.8 Å². The molecule has 0 unspecified atom stereocenters. The summed E-state index contributed by atoms with van der Waals surface area (Å²) in [5.41, 5.74) is 2.52. The largest absolute Gasteiger partial charge is 0.294 e. The monoisotopic (exact) mass is 226 g/mol. The van der Waals surface area contributed by atoms with Crippen molar-refractivity contribution in [1.82, 2.24) is 9.78 Å². The third-order valence-electron chi connectivity index (χ3n) is 2.66. The number of ketones is 1. The molecule has 0 spiro atoms. The number of halogens is 1. The summed E-state index contributed by atoms with van der Waals surface area (Å²) in [5.74, 6) is 0.0557. The molecule has 0 aliphatic rings. The summed E-state index contributed by atoms with van der Waals surface area (Å²) in [7, 11) is 0. The minimum atomic E-state index is -0.347. The van der Waals surface area contributed by atoms with E-state index in [4.69, 9.17) is 0 Å². The Morgan fingerprint density at radius 2 is 2.06 bits per heavy atom. The van der Waals surface area contributed by atoms with Crippen LogP contribution in [-0.2, 0) is 19.4 Å². The predicted molar refractivity (Wildman–Crippen MR) is 61.6 cm³/mol. The van der Waals surface area contributed by atoms with Crippen molar-refractivity contribution >= 4 is 5.78 Å². The van der Waals surface area contributed by atoms with Crippen LogP contribution in [0.15, 0.2) is 0 Å². The van der Waals surface area contributed by atoms with E-state index in [0.717, 1.165) is 29.8 Å². The Balaban J connectivity index is 3.13. The molecule has 0 radical (unpaired) electrons. The molecule has 1 rings (SSSR count). The van der Waals surface area contributed by atoms with E-state index in [1.165, 1.54) is 0 Å². The zero-order chi connectivity index (χ0) is 12.1. The average molecular weight is 226 g/mol. The fourth-order valence-electron chi connectivity index (χ4n) is 1.96. The third-order valence-corrected chi connectivity index (χ3v) is 2.66. The fraction of sp³-hybridized carbons (Fsp3) is 0.667. The lowest BCUT2D eigenvalue weighted by molar-refractivity contribution is 0.101. The Morgan fingerprint density at radius 1 is 1.38 bits per heavy atom. The number of aromatic nitrogens is 2. The second-order valence-electron chi connectivity index (χ2n) is 3.80. The van der Waals surface area contributed by atoms with Gasteiger partial charge in [-0.05, 0) is 26.2 Å². The molecule has 0 N–H and O–H groups in total. The molecule has 0 fully saturated rings. The van der Waals surface area contributed by atoms with Crippen LogP contribution in [-0.4, -0.2) is 22.2 Å². The van der Waals surface area contributed by atoms with Crippen LogP contribution in [0.2, 0.25) is 0 Å². The topological polar surface area (TPSA) is 34.9 Å². The maximum Gasteiger partial charge on any atom is 0.163 e. The van der Waals surface area contributed by atoms with Crippen LogP contribution in [0.5, 0.6) is 0 Å². The molecule has 0 bridgehead atoms. The summed E-state index contributed by atoms with van der Waals surface area (Å²) in [6.45, 7) is 5.75. The zero-order valence-corrected chi connectivity index (χ0v) is 10.2. The number of nitrogens with zero attached hydrogens (tertiary/aromatic N) is 2. The second-order valence-corrected chi connectivity index (χ2v) is 3.80. The molecular weight excluding hydrogens is 207 g/mol. The van der Waals surface area contributed by atoms with Crippen molar-refractivity contribution in [2.75, 3.05) is 6.67 Å². The van der Waals surface area contributed by atoms with Crippen LogP contribution in [0.25, 0.3) is 0 Å². The SMILES string of the molecule is CCc1nn(CCCF)c(CC)c1C(C)=O. The zero-order valence-electron chi connectivity index (χ0n) is 10.2. The first-order chi connectivity index (χ1) is 7.65. The van der Waals surface area contributed by atoms with Crippen LogP contribution < -0.4 is 0 Å². The van der Waals surface area contributed by atoms with Crippen LogP contribution >= 0.6 is 0 Å². The Bertz CT molecular complexity index is 371. The van der Waals surface area contributed by atoms with Gasteiger partial charge in [-0.1, -0.05) is 13.8 Å². The first kappa shape index (κ1) is 12.9. The first-order valence-corrected chi connectivity index (χ1v) is 5.81. The van der Waals surface area contributed by atoms with Gasteiger partial charge in [-0.2, -0.15) is 5.10 Å². The number of rotatable bonds is 6. The van der Waals surface area contributed by atoms with Crippen molar-refractivity contribution in [2.45, 2.75) is 46.6 Å². The number of aryl methyl sites for hydroxylation is 2. The molecule has 0 aliphatic carbocycles. The molecule has 3 nitrogen and oxygen atoms in total. The number of Topliss-reactive ketones (excluding diaryl/α,β-unsaturated/α-hetero) is 1. The molecule has 0 saturated carbocycles. The van der Waals surface area contributed by atoms with Gasteiger partial charge in [-0.25, -0.2) is 0 Å². The smallest absolute Gasteiger partial charge is 0.163 e. The number of carbonyl (C=O) groups excluding carboxylic acids is 1. The van der Waals surface area contributed by atoms with Gasteiger partial charge < -0.3 is 0 Å². The van der Waals surface area contributed by atoms with Gasteiger partial charge in [-0.15, -0.1) is 0 Å². The molecular formula is C12H19FN2O. The molecule has 1 aromatic rings. The normalized spacial score (nSPS) is 10.8. The van der Waals surface area contributed by atoms with E-state index >= 15 is 0 Å². The van der Waals surface area contributed by atoms with Crippen LogP contribution in [0, 0.1) is 0 Å². The van der Waals surface area contributed by atoms with Crippen molar-refractivity contribution in [2.24, 2.45) is 0 Å². The number of alkyl halides is 1. The van der Waals surface area contributed by atoms with E-state index in [1.54, 1.807) is 11.6 Å². The summed E-state index contributed by atoms with van der Waals surface area (Å²) in [6.07, 6.45) is 1.95. The Morgan fingerprint density at radius 3 is 2.50 bits per heavy atom. The van der Waals surface area contributed by atoms with Gasteiger partial charge in [0.05, 0.1) is 17.9 Å². The maximum absolute atomic E-state index is 12.2. The molecule has 4 heteroatoms. The quantitative estimate of drug-likeness (QED) is 0.699. The van der Waals surface area contributed by atoms with Crippen LogP contribution in [0.4, 0.5) is 4.39 Å². The predicted octanol–water partition coefficient (Wildman–Crippen LogP) is 2.57. The van der Waals surface area contributed by atoms with E-state index in [9.17, 15) is 9.18 Å². The first-order valence-electron chi connectivity index (χ1n) is 5.81. The minimum absolute atomic E-state index is 0.0557. The highest BCUT2D eigenvalue weighted by molar-refractivity contribution is 5.96. The lowest BCUT2D eigenvalue weighted by atomic mass is 10.1. The van der Waals surface area contributed by atoms with Crippen LogP contribution in [0.1, 0.15) is 48.9 Å². The lowest BCUT2D eigenvalue weighted by Crippen LogP contribution is -2.07. The molecule has 1 heterocycles. The highest BCUT2D eigenvalue weighted by Crippen LogP contribution is 2.17. The van der Waals surface area contributed by atoms with Crippen molar-refractivity contribution < 1.29 is 9.18 Å². The second kappa shape index (κ2) is 5.77. The molecule has 0 aliphatic heterocycles.